The van der Waals surface area contributed by atoms with Crippen molar-refractivity contribution >= 4 is 10.0 Å². The van der Waals surface area contributed by atoms with Crippen LogP contribution in [0, 0.1) is 11.8 Å². The van der Waals surface area contributed by atoms with Crippen LogP contribution in [0.5, 0.6) is 0 Å². The molecule has 2 saturated heterocycles. The van der Waals surface area contributed by atoms with E-state index >= 15 is 0 Å². The summed E-state index contributed by atoms with van der Waals surface area (Å²) in [5, 5.41) is 0.926. The molecule has 32 heavy (non-hydrogen) atoms. The Morgan fingerprint density at radius 2 is 1.56 bits per heavy atom. The molecule has 7 nitrogen and oxygen atoms in total. The lowest BCUT2D eigenvalue weighted by Gasteiger charge is -2.28. The molecule has 5 atom stereocenters. The third-order valence-corrected chi connectivity index (χ3v) is 8.60. The first-order valence-corrected chi connectivity index (χ1v) is 14.2. The zero-order valence-corrected chi connectivity index (χ0v) is 20.1. The maximum Gasteiger partial charge on any atom is 0.233 e. The van der Waals surface area contributed by atoms with Crippen molar-refractivity contribution in [3.05, 3.63) is 12.0 Å². The molecule has 2 aliphatic carbocycles. The fourth-order valence-corrected chi connectivity index (χ4v) is 6.27. The lowest BCUT2D eigenvalue weighted by Crippen LogP contribution is -2.40. The number of sulfonamides is 1. The van der Waals surface area contributed by atoms with Gasteiger partial charge in [-0.1, -0.05) is 45.1 Å². The standard InChI is InChI=1S/C24H41NO6S/c1-2-32(26,27)25-14-20-13-21-24(30-20)23(29-16-19-11-7-4-8-12-19)22(31-21)17-28-15-18-9-5-3-6-10-18/h2,18-25H,1,3-17H2/t20-,21+,22-,23-,24-/m1/s1. The Hall–Kier alpha value is -0.510. The van der Waals surface area contributed by atoms with E-state index < -0.39 is 10.0 Å². The minimum atomic E-state index is -3.46. The smallest absolute Gasteiger partial charge is 0.233 e. The summed E-state index contributed by atoms with van der Waals surface area (Å²) in [5.41, 5.74) is 0. The van der Waals surface area contributed by atoms with Gasteiger partial charge < -0.3 is 18.9 Å². The van der Waals surface area contributed by atoms with Crippen molar-refractivity contribution in [2.45, 2.75) is 101 Å². The van der Waals surface area contributed by atoms with Crippen molar-refractivity contribution in [3.63, 3.8) is 0 Å². The van der Waals surface area contributed by atoms with Gasteiger partial charge in [0.25, 0.3) is 0 Å². The minimum Gasteiger partial charge on any atom is -0.378 e. The Kier molecular flexibility index (Phi) is 9.04. The van der Waals surface area contributed by atoms with Crippen LogP contribution in [0.2, 0.25) is 0 Å². The van der Waals surface area contributed by atoms with Crippen LogP contribution in [0.3, 0.4) is 0 Å². The van der Waals surface area contributed by atoms with Gasteiger partial charge in [-0.3, -0.25) is 0 Å². The molecule has 0 radical (unpaired) electrons. The SMILES string of the molecule is C=CS(=O)(=O)NC[C@H]1C[C@@H]2O[C@H](COCC3CCCCC3)[C@@H](OCC3CCCCC3)[C@@H]2O1. The Morgan fingerprint density at radius 3 is 2.22 bits per heavy atom. The van der Waals surface area contributed by atoms with Gasteiger partial charge >= 0.3 is 0 Å². The molecule has 0 aromatic rings. The van der Waals surface area contributed by atoms with E-state index in [4.69, 9.17) is 18.9 Å². The molecule has 0 amide bonds. The molecule has 2 heterocycles. The summed E-state index contributed by atoms with van der Waals surface area (Å²) in [6.45, 7) is 5.65. The summed E-state index contributed by atoms with van der Waals surface area (Å²) in [6, 6.07) is 0. The predicted octanol–water partition coefficient (Wildman–Crippen LogP) is 3.54. The number of nitrogens with one attached hydrogen (secondary N) is 1. The monoisotopic (exact) mass is 471 g/mol. The van der Waals surface area contributed by atoms with Crippen molar-refractivity contribution < 1.29 is 27.4 Å². The normalized spacial score (nSPS) is 34.6. The molecule has 0 aromatic heterocycles. The van der Waals surface area contributed by atoms with Gasteiger partial charge in [0, 0.05) is 25.0 Å². The van der Waals surface area contributed by atoms with E-state index in [-0.39, 0.29) is 37.1 Å². The van der Waals surface area contributed by atoms with Crippen molar-refractivity contribution in [2.75, 3.05) is 26.4 Å². The van der Waals surface area contributed by atoms with E-state index in [1.807, 2.05) is 0 Å². The first-order chi connectivity index (χ1) is 15.5. The fraction of sp³-hybridized carbons (Fsp3) is 0.917. The van der Waals surface area contributed by atoms with E-state index in [1.54, 1.807) is 0 Å². The summed E-state index contributed by atoms with van der Waals surface area (Å²) >= 11 is 0. The van der Waals surface area contributed by atoms with Crippen LogP contribution in [-0.2, 0) is 29.0 Å². The van der Waals surface area contributed by atoms with Crippen LogP contribution < -0.4 is 4.72 Å². The number of fused-ring (bicyclic) bond motifs is 1. The van der Waals surface area contributed by atoms with Crippen LogP contribution in [-0.4, -0.2) is 65.3 Å². The predicted molar refractivity (Wildman–Crippen MR) is 123 cm³/mol. The molecule has 4 aliphatic rings. The lowest BCUT2D eigenvalue weighted by molar-refractivity contribution is -0.104. The van der Waals surface area contributed by atoms with E-state index in [1.165, 1.54) is 64.2 Å². The minimum absolute atomic E-state index is 0.0760. The number of hydrogen-bond acceptors (Lipinski definition) is 6. The van der Waals surface area contributed by atoms with Crippen molar-refractivity contribution in [1.29, 1.82) is 0 Å². The Balaban J connectivity index is 1.30. The van der Waals surface area contributed by atoms with Crippen LogP contribution >= 0.6 is 0 Å². The molecule has 8 heteroatoms. The van der Waals surface area contributed by atoms with Gasteiger partial charge in [-0.05, 0) is 37.5 Å². The molecular weight excluding hydrogens is 430 g/mol. The molecule has 1 N–H and O–H groups in total. The van der Waals surface area contributed by atoms with Crippen LogP contribution in [0.15, 0.2) is 12.0 Å². The first-order valence-electron chi connectivity index (χ1n) is 12.7. The van der Waals surface area contributed by atoms with Gasteiger partial charge in [0.1, 0.15) is 18.3 Å². The second-order valence-electron chi connectivity index (χ2n) is 10.1. The third-order valence-electron chi connectivity index (χ3n) is 7.59. The molecule has 0 unspecified atom stereocenters. The average molecular weight is 472 g/mol. The summed E-state index contributed by atoms with van der Waals surface area (Å²) in [7, 11) is -3.46. The van der Waals surface area contributed by atoms with E-state index in [2.05, 4.69) is 11.3 Å². The van der Waals surface area contributed by atoms with Gasteiger partial charge in [-0.15, -0.1) is 0 Å². The zero-order valence-electron chi connectivity index (χ0n) is 19.3. The number of hydrogen-bond donors (Lipinski definition) is 1. The quantitative estimate of drug-likeness (QED) is 0.496. The van der Waals surface area contributed by atoms with Crippen molar-refractivity contribution in [1.82, 2.24) is 4.72 Å². The zero-order chi connectivity index (χ0) is 22.4. The highest BCUT2D eigenvalue weighted by Crippen LogP contribution is 2.37. The second-order valence-corrected chi connectivity index (χ2v) is 11.8. The van der Waals surface area contributed by atoms with Crippen LogP contribution in [0.25, 0.3) is 0 Å². The second kappa shape index (κ2) is 11.8. The number of ether oxygens (including phenoxy) is 4. The molecule has 2 aliphatic heterocycles. The summed E-state index contributed by atoms with van der Waals surface area (Å²) in [6.07, 6.45) is 12.8. The van der Waals surface area contributed by atoms with Gasteiger partial charge in [0.2, 0.25) is 10.0 Å². The highest BCUT2D eigenvalue weighted by molar-refractivity contribution is 7.92. The molecule has 4 fully saturated rings. The van der Waals surface area contributed by atoms with Crippen molar-refractivity contribution in [3.8, 4) is 0 Å². The molecule has 2 saturated carbocycles. The first kappa shape index (κ1) is 24.6. The van der Waals surface area contributed by atoms with Crippen LogP contribution in [0.1, 0.15) is 70.6 Å². The Labute approximate surface area is 193 Å². The highest BCUT2D eigenvalue weighted by Gasteiger charge is 2.52. The average Bonchev–Trinajstić information content (AvgIpc) is 3.35. The Morgan fingerprint density at radius 1 is 0.906 bits per heavy atom. The largest absolute Gasteiger partial charge is 0.378 e. The maximum absolute atomic E-state index is 11.7. The van der Waals surface area contributed by atoms with Crippen LogP contribution in [0.4, 0.5) is 0 Å². The fourth-order valence-electron chi connectivity index (χ4n) is 5.74. The molecular formula is C24H41NO6S. The molecule has 0 spiro atoms. The van der Waals surface area contributed by atoms with Gasteiger partial charge in [-0.2, -0.15) is 0 Å². The molecule has 0 aromatic carbocycles. The van der Waals surface area contributed by atoms with Gasteiger partial charge in [0.15, 0.2) is 0 Å². The van der Waals surface area contributed by atoms with Gasteiger partial charge in [-0.25, -0.2) is 13.1 Å². The molecule has 0 bridgehead atoms. The maximum atomic E-state index is 11.7. The van der Waals surface area contributed by atoms with E-state index in [0.717, 1.165) is 18.6 Å². The Bertz CT molecular complexity index is 689. The van der Waals surface area contributed by atoms with E-state index in [0.29, 0.717) is 24.9 Å². The van der Waals surface area contributed by atoms with E-state index in [9.17, 15) is 8.42 Å². The lowest BCUT2D eigenvalue weighted by atomic mass is 9.90. The molecule has 184 valence electrons. The van der Waals surface area contributed by atoms with Gasteiger partial charge in [0.05, 0.1) is 25.4 Å². The number of rotatable bonds is 11. The van der Waals surface area contributed by atoms with Crippen molar-refractivity contribution in [2.24, 2.45) is 11.8 Å². The summed E-state index contributed by atoms with van der Waals surface area (Å²) in [5.74, 6) is 1.29. The third kappa shape index (κ3) is 6.76. The molecule has 4 rings (SSSR count). The highest BCUT2D eigenvalue weighted by atomic mass is 32.2. The topological polar surface area (TPSA) is 83.1 Å². The summed E-state index contributed by atoms with van der Waals surface area (Å²) in [4.78, 5) is 0. The summed E-state index contributed by atoms with van der Waals surface area (Å²) < 4.78 is 51.0.